The van der Waals surface area contributed by atoms with E-state index in [2.05, 4.69) is 40.7 Å². The number of allylic oxidation sites excluding steroid dienone is 2. The number of hydrogen-bond donors (Lipinski definition) is 19. The highest BCUT2D eigenvalue weighted by Crippen LogP contribution is 2.76. The normalized spacial score (nSPS) is 55.1. The largest absolute Gasteiger partial charge is 0.432 e. The highest BCUT2D eigenvalue weighted by molar-refractivity contribution is 5.80. The van der Waals surface area contributed by atoms with Crippen LogP contribution in [-0.4, -0.2) is 346 Å². The van der Waals surface area contributed by atoms with Crippen LogP contribution >= 0.6 is 0 Å². The Morgan fingerprint density at radius 2 is 1.14 bits per heavy atom. The lowest BCUT2D eigenvalue weighted by Gasteiger charge is -2.71. The summed E-state index contributed by atoms with van der Waals surface area (Å²) in [7, 11) is 0. The zero-order valence-corrected chi connectivity index (χ0v) is 58.8. The van der Waals surface area contributed by atoms with E-state index in [4.69, 9.17) is 72.0 Å². The number of esters is 1. The smallest absolute Gasteiger partial charge is 0.317 e. The molecule has 20 N–H and O–H groups in total. The van der Waals surface area contributed by atoms with Crippen LogP contribution in [0.3, 0.4) is 0 Å². The Bertz CT molecular complexity index is 2980. The molecule has 0 spiro atoms. The molecule has 7 saturated heterocycles. The van der Waals surface area contributed by atoms with Crippen molar-refractivity contribution >= 4 is 12.3 Å². The number of rotatable bonds is 18. The molecule has 7 aliphatic heterocycles. The molecule has 590 valence electrons. The third-order valence-corrected chi connectivity index (χ3v) is 26.4. The second kappa shape index (κ2) is 30.0. The Morgan fingerprint density at radius 1 is 0.553 bits per heavy atom. The molecule has 5 aliphatic carbocycles. The van der Waals surface area contributed by atoms with Gasteiger partial charge in [0.15, 0.2) is 43.8 Å². The molecule has 0 aromatic carbocycles. The number of aliphatic hydroxyl groups excluding tert-OH is 17. The summed E-state index contributed by atoms with van der Waals surface area (Å²) >= 11 is 0. The summed E-state index contributed by atoms with van der Waals surface area (Å²) in [4.78, 5) is 29.9. The highest BCUT2D eigenvalue weighted by atomic mass is 16.8. The summed E-state index contributed by atoms with van der Waals surface area (Å²) in [6.45, 7) is 9.43. The van der Waals surface area contributed by atoms with Crippen molar-refractivity contribution in [3.8, 4) is 0 Å². The topological polar surface area (TPSA) is 554 Å². The molecule has 14 unspecified atom stereocenters. The average Bonchev–Trinajstić information content (AvgIpc) is 0.928. The monoisotopic (exact) mass is 1480 g/mol. The Balaban J connectivity index is 0.769. The van der Waals surface area contributed by atoms with Gasteiger partial charge in [0.1, 0.15) is 133 Å². The fourth-order valence-electron chi connectivity index (χ4n) is 19.8. The quantitative estimate of drug-likeness (QED) is 0.0262. The standard InChI is InChI=1S/C68H109NO34/c1-26-48(98-55-47(86)49(30(75)21-91-55)99-60-53(87)67(89,24-73)25-93-60)43(82)46(85)56(94-26)101-51-41(80)38(69)32(18-70)95-59(51)103-61(88)68-15-14-62(2,3)16-28(68)27-8-9-35-63(4)12-11-37(64(5,23-72)34(63)10-13-65(35,6)66(27,7)17-36(68)77)97-58-52(102-57-45(84)42(81)40(79)33(19-71)96-57)50(31(76)22-92-58)100-54-44(83)39(78)29(74)20-90-54/h8,23,26,28-60,70-71,73-87,89H,9-22,24-25,69H2,1-7H3/t26?,28?,29-,30-,31-,32?,33?,34-,35?,36?,37+,38+,39+,40+,41?,42+,43?,44?,45?,46+,47-,48+,49?,50+,51-,52?,53?,54+,55+,56+,57+,58+,59+,60+,63?,64-,65+,66-,67+,68-/m1/s1. The van der Waals surface area contributed by atoms with Gasteiger partial charge in [-0.1, -0.05) is 53.2 Å². The Kier molecular flexibility index (Phi) is 23.4. The minimum absolute atomic E-state index is 0.0747. The highest BCUT2D eigenvalue weighted by Gasteiger charge is 2.73. The Labute approximate surface area is 594 Å². The molecule has 11 fully saturated rings. The van der Waals surface area contributed by atoms with Gasteiger partial charge in [0.05, 0.1) is 76.0 Å². The number of hydrogen-bond acceptors (Lipinski definition) is 35. The van der Waals surface area contributed by atoms with Gasteiger partial charge in [-0.25, -0.2) is 0 Å². The van der Waals surface area contributed by atoms with E-state index < -0.39 is 281 Å². The van der Waals surface area contributed by atoms with E-state index in [0.29, 0.717) is 38.5 Å². The molecule has 0 amide bonds. The van der Waals surface area contributed by atoms with Crippen molar-refractivity contribution in [2.75, 3.05) is 46.2 Å². The molecule has 7 heterocycles. The van der Waals surface area contributed by atoms with Gasteiger partial charge in [-0.3, -0.25) is 4.79 Å². The van der Waals surface area contributed by atoms with Crippen molar-refractivity contribution in [3.05, 3.63) is 11.6 Å². The zero-order valence-electron chi connectivity index (χ0n) is 58.8. The van der Waals surface area contributed by atoms with Gasteiger partial charge in [-0.2, -0.15) is 0 Å². The lowest BCUT2D eigenvalue weighted by Crippen LogP contribution is -2.69. The van der Waals surface area contributed by atoms with Crippen molar-refractivity contribution in [2.45, 2.75) is 302 Å². The van der Waals surface area contributed by atoms with Crippen molar-refractivity contribution in [2.24, 2.45) is 56.0 Å². The lowest BCUT2D eigenvalue weighted by molar-refractivity contribution is -0.384. The van der Waals surface area contributed by atoms with Crippen LogP contribution < -0.4 is 5.73 Å². The molecule has 0 radical (unpaired) electrons. The molecule has 40 atom stereocenters. The van der Waals surface area contributed by atoms with E-state index in [-0.39, 0.29) is 36.5 Å². The average molecular weight is 1480 g/mol. The third kappa shape index (κ3) is 13.7. The molecular weight excluding hydrogens is 1370 g/mol. The van der Waals surface area contributed by atoms with E-state index >= 15 is 4.79 Å². The number of ether oxygens (including phenoxy) is 14. The maximum atomic E-state index is 15.8. The molecule has 103 heavy (non-hydrogen) atoms. The molecule has 12 aliphatic rings. The molecule has 12 rings (SSSR count). The number of fused-ring (bicyclic) bond motifs is 7. The van der Waals surface area contributed by atoms with Crippen molar-refractivity contribution in [1.29, 1.82) is 0 Å². The van der Waals surface area contributed by atoms with E-state index in [1.165, 1.54) is 6.92 Å². The molecule has 0 aromatic heterocycles. The minimum Gasteiger partial charge on any atom is -0.432 e. The SMILES string of the molecule is CC1O[C@@H](O[C@@H]2C(O)[C@@H](N)C(CO)O[C@H]2OC(=O)[C@]23CCC(C)(C)CC2C2=CCC4C5(C)CC[C@H](O[C@@H]6OC[C@@H](O)[C@H](O[C@@H]7OC[C@@H](O)[C@H](O)C7O)C6O[C@@H]6OC(CO)[C@H](O)[C@H](O)C6O)[C@](C)(C=O)[C@@H]5CC[C@]4(C)[C@]2(C)CC3O)[C@@H](O)C(O)[C@H]1O[C@@H]1OC[C@@H](O)C(O[C@@H]2OC[C@@](O)(CO)C2O)[C@H]1O. The van der Waals surface area contributed by atoms with Crippen LogP contribution in [0.25, 0.3) is 0 Å². The molecule has 0 aromatic rings. The predicted octanol–water partition coefficient (Wildman–Crippen LogP) is -6.86. The van der Waals surface area contributed by atoms with E-state index in [1.54, 1.807) is 6.92 Å². The maximum absolute atomic E-state index is 15.8. The van der Waals surface area contributed by atoms with Crippen molar-refractivity contribution in [1.82, 2.24) is 0 Å². The third-order valence-electron chi connectivity index (χ3n) is 26.4. The van der Waals surface area contributed by atoms with Crippen LogP contribution in [0, 0.1) is 50.2 Å². The van der Waals surface area contributed by atoms with Gasteiger partial charge in [-0.05, 0) is 104 Å². The van der Waals surface area contributed by atoms with Gasteiger partial charge < -0.3 is 169 Å². The molecule has 35 heteroatoms. The van der Waals surface area contributed by atoms with Gasteiger partial charge in [0.2, 0.25) is 6.29 Å². The summed E-state index contributed by atoms with van der Waals surface area (Å²) in [6.07, 6.45) is -43.4. The first-order valence-electron chi connectivity index (χ1n) is 36.0. The minimum atomic E-state index is -2.10. The number of aliphatic hydroxyl groups is 18. The number of carbonyl (C=O) groups is 2. The van der Waals surface area contributed by atoms with Crippen LogP contribution in [0.5, 0.6) is 0 Å². The van der Waals surface area contributed by atoms with Crippen LogP contribution in [0.2, 0.25) is 0 Å². The molecule has 0 bridgehead atoms. The number of nitrogens with two attached hydrogens (primary N) is 1. The van der Waals surface area contributed by atoms with Gasteiger partial charge >= 0.3 is 5.97 Å². The lowest BCUT2D eigenvalue weighted by atomic mass is 9.33. The van der Waals surface area contributed by atoms with Crippen molar-refractivity contribution < 1.29 is 168 Å². The summed E-state index contributed by atoms with van der Waals surface area (Å²) in [5.74, 6) is -2.08. The fourth-order valence-corrected chi connectivity index (χ4v) is 19.8. The number of aldehydes is 1. The van der Waals surface area contributed by atoms with Crippen LogP contribution in [0.4, 0.5) is 0 Å². The summed E-state index contributed by atoms with van der Waals surface area (Å²) in [5.41, 5.74) is -0.0320. The van der Waals surface area contributed by atoms with E-state index in [1.807, 2.05) is 0 Å². The summed E-state index contributed by atoms with van der Waals surface area (Å²) in [5, 5.41) is 198. The van der Waals surface area contributed by atoms with Crippen LogP contribution in [0.1, 0.15) is 106 Å². The van der Waals surface area contributed by atoms with Crippen molar-refractivity contribution in [3.63, 3.8) is 0 Å². The van der Waals surface area contributed by atoms with Gasteiger partial charge in [0.25, 0.3) is 0 Å². The second-order valence-electron chi connectivity index (χ2n) is 32.9. The Morgan fingerprint density at radius 3 is 1.80 bits per heavy atom. The number of carbonyl (C=O) groups excluding carboxylic acids is 2. The predicted molar refractivity (Wildman–Crippen MR) is 339 cm³/mol. The molecule has 35 nitrogen and oxygen atoms in total. The second-order valence-corrected chi connectivity index (χ2v) is 32.9. The van der Waals surface area contributed by atoms with Gasteiger partial charge in [0, 0.05) is 0 Å². The summed E-state index contributed by atoms with van der Waals surface area (Å²) < 4.78 is 84.0. The van der Waals surface area contributed by atoms with Crippen LogP contribution in [-0.2, 0) is 75.9 Å². The summed E-state index contributed by atoms with van der Waals surface area (Å²) in [6, 6.07) is -1.39. The first kappa shape index (κ1) is 80.1. The first-order chi connectivity index (χ1) is 48.4. The Hall–Kier alpha value is -2.40. The fraction of sp³-hybridized carbons (Fsp3) is 0.941. The first-order valence-corrected chi connectivity index (χ1v) is 36.0. The van der Waals surface area contributed by atoms with Crippen LogP contribution in [0.15, 0.2) is 11.6 Å². The maximum Gasteiger partial charge on any atom is 0.317 e. The van der Waals surface area contributed by atoms with E-state index in [9.17, 15) is 96.7 Å². The van der Waals surface area contributed by atoms with Gasteiger partial charge in [-0.15, -0.1) is 0 Å². The molecular formula is C68H109NO34. The van der Waals surface area contributed by atoms with E-state index in [0.717, 1.165) is 11.9 Å². The molecule has 4 saturated carbocycles. The zero-order chi connectivity index (χ0) is 74.9.